The summed E-state index contributed by atoms with van der Waals surface area (Å²) in [6, 6.07) is 9.49. The highest BCUT2D eigenvalue weighted by molar-refractivity contribution is 14.2. The first-order valence-electron chi connectivity index (χ1n) is 2.55. The smallest absolute Gasteiger partial charge is 0.159 e. The summed E-state index contributed by atoms with van der Waals surface area (Å²) >= 11 is 1.95. The normalized spacial score (nSPS) is 13.0. The summed E-state index contributed by atoms with van der Waals surface area (Å²) in [5, 5.41) is 0.947. The third-order valence-corrected chi connectivity index (χ3v) is 3.66. The van der Waals surface area contributed by atoms with Gasteiger partial charge in [-0.25, -0.2) is 0 Å². The average Bonchev–Trinajstić information content (AvgIpc) is 1.90. The van der Waals surface area contributed by atoms with E-state index in [1.54, 1.807) is 0 Å². The highest BCUT2D eigenvalue weighted by Gasteiger charge is 1.92. The number of benzene rings is 1. The standard InChI is InChI=1S/C6H6IOP/c7-9(8)6-4-2-1-3-5-6/h1-5,9H. The molecule has 1 unspecified atom stereocenters. The fraction of sp³-hybridized carbons (Fsp3) is 0. The Balaban J connectivity index is 2.98. The number of rotatable bonds is 1. The molecule has 0 aliphatic rings. The first kappa shape index (κ1) is 7.29. The van der Waals surface area contributed by atoms with Crippen LogP contribution in [0.2, 0.25) is 0 Å². The Kier molecular flexibility index (Phi) is 2.73. The van der Waals surface area contributed by atoms with E-state index in [0.717, 1.165) is 5.30 Å². The molecule has 1 atom stereocenters. The molecule has 0 amide bonds. The van der Waals surface area contributed by atoms with E-state index in [1.165, 1.54) is 0 Å². The van der Waals surface area contributed by atoms with Crippen molar-refractivity contribution < 1.29 is 4.57 Å². The van der Waals surface area contributed by atoms with Gasteiger partial charge in [0.05, 0.1) is 0 Å². The van der Waals surface area contributed by atoms with Gasteiger partial charge in [-0.3, -0.25) is 0 Å². The minimum absolute atomic E-state index is 0.947. The summed E-state index contributed by atoms with van der Waals surface area (Å²) in [4.78, 5) is 0. The molecule has 0 radical (unpaired) electrons. The first-order chi connectivity index (χ1) is 4.30. The number of halogens is 1. The molecular weight excluding hydrogens is 246 g/mol. The van der Waals surface area contributed by atoms with Crippen molar-refractivity contribution in [3.63, 3.8) is 0 Å². The molecule has 0 bridgehead atoms. The van der Waals surface area contributed by atoms with Gasteiger partial charge in [0.25, 0.3) is 0 Å². The fourth-order valence-corrected chi connectivity index (χ4v) is 2.10. The zero-order chi connectivity index (χ0) is 6.69. The maximum atomic E-state index is 10.8. The van der Waals surface area contributed by atoms with Crippen molar-refractivity contribution in [1.82, 2.24) is 0 Å². The molecule has 1 aromatic rings. The Morgan fingerprint density at radius 1 is 1.22 bits per heavy atom. The second-order valence-corrected chi connectivity index (χ2v) is 5.70. The van der Waals surface area contributed by atoms with Gasteiger partial charge in [-0.15, -0.1) is 0 Å². The van der Waals surface area contributed by atoms with Crippen molar-refractivity contribution in [3.05, 3.63) is 30.3 Å². The molecule has 0 heterocycles. The molecular formula is C6H6IOP. The Bertz CT molecular complexity index is 210. The molecule has 3 heteroatoms. The molecule has 0 aromatic heterocycles. The van der Waals surface area contributed by atoms with Crippen LogP contribution in [0.15, 0.2) is 30.3 Å². The van der Waals surface area contributed by atoms with E-state index < -0.39 is 5.44 Å². The van der Waals surface area contributed by atoms with Crippen molar-refractivity contribution in [2.75, 3.05) is 0 Å². The van der Waals surface area contributed by atoms with Crippen LogP contribution < -0.4 is 5.30 Å². The van der Waals surface area contributed by atoms with E-state index in [2.05, 4.69) is 0 Å². The van der Waals surface area contributed by atoms with Crippen LogP contribution in [0.25, 0.3) is 0 Å². The van der Waals surface area contributed by atoms with Crippen LogP contribution >= 0.6 is 27.5 Å². The Labute approximate surface area is 67.7 Å². The number of hydrogen-bond donors (Lipinski definition) is 0. The van der Waals surface area contributed by atoms with Gasteiger partial charge >= 0.3 is 0 Å². The highest BCUT2D eigenvalue weighted by atomic mass is 127. The minimum Gasteiger partial charge on any atom is -0.311 e. The van der Waals surface area contributed by atoms with Crippen molar-refractivity contribution in [1.29, 1.82) is 0 Å². The molecule has 0 saturated heterocycles. The van der Waals surface area contributed by atoms with Crippen molar-refractivity contribution in [2.45, 2.75) is 0 Å². The topological polar surface area (TPSA) is 17.1 Å². The van der Waals surface area contributed by atoms with Crippen molar-refractivity contribution in [2.24, 2.45) is 0 Å². The molecule has 9 heavy (non-hydrogen) atoms. The van der Waals surface area contributed by atoms with Crippen LogP contribution in [0.4, 0.5) is 0 Å². The second-order valence-electron chi connectivity index (χ2n) is 1.64. The van der Waals surface area contributed by atoms with E-state index in [9.17, 15) is 4.57 Å². The fourth-order valence-electron chi connectivity index (χ4n) is 0.569. The van der Waals surface area contributed by atoms with Crippen molar-refractivity contribution in [3.8, 4) is 0 Å². The van der Waals surface area contributed by atoms with E-state index in [-0.39, 0.29) is 0 Å². The van der Waals surface area contributed by atoms with E-state index in [4.69, 9.17) is 0 Å². The monoisotopic (exact) mass is 252 g/mol. The van der Waals surface area contributed by atoms with Crippen LogP contribution in [0, 0.1) is 0 Å². The molecule has 0 fully saturated rings. The first-order valence-corrected chi connectivity index (χ1v) is 7.08. The molecule has 0 N–H and O–H groups in total. The van der Waals surface area contributed by atoms with Gasteiger partial charge in [0, 0.05) is 5.30 Å². The summed E-state index contributed by atoms with van der Waals surface area (Å²) < 4.78 is 10.8. The molecule has 1 rings (SSSR count). The number of hydrogen-bond acceptors (Lipinski definition) is 1. The lowest BCUT2D eigenvalue weighted by Gasteiger charge is -1.89. The Morgan fingerprint density at radius 2 is 1.78 bits per heavy atom. The zero-order valence-electron chi connectivity index (χ0n) is 4.67. The van der Waals surface area contributed by atoms with E-state index in [1.807, 2.05) is 52.4 Å². The summed E-state index contributed by atoms with van der Waals surface area (Å²) in [5.74, 6) is 0. The largest absolute Gasteiger partial charge is 0.311 e. The minimum atomic E-state index is -1.49. The summed E-state index contributed by atoms with van der Waals surface area (Å²) in [6.07, 6.45) is 0. The molecule has 1 aromatic carbocycles. The van der Waals surface area contributed by atoms with E-state index in [0.29, 0.717) is 0 Å². The van der Waals surface area contributed by atoms with E-state index >= 15 is 0 Å². The lowest BCUT2D eigenvalue weighted by atomic mass is 10.4. The van der Waals surface area contributed by atoms with Crippen LogP contribution in [0.3, 0.4) is 0 Å². The zero-order valence-corrected chi connectivity index (χ0v) is 7.83. The van der Waals surface area contributed by atoms with Crippen LogP contribution in [-0.2, 0) is 4.57 Å². The molecule has 1 nitrogen and oxygen atoms in total. The Morgan fingerprint density at radius 3 is 2.11 bits per heavy atom. The van der Waals surface area contributed by atoms with Crippen LogP contribution in [-0.4, -0.2) is 0 Å². The average molecular weight is 252 g/mol. The van der Waals surface area contributed by atoms with Gasteiger partial charge in [0.2, 0.25) is 0 Å². The predicted octanol–water partition coefficient (Wildman–Crippen LogP) is 2.22. The predicted molar refractivity (Wildman–Crippen MR) is 49.1 cm³/mol. The van der Waals surface area contributed by atoms with Gasteiger partial charge in [0.1, 0.15) is 0 Å². The summed E-state index contributed by atoms with van der Waals surface area (Å²) in [6.45, 7) is 0. The summed E-state index contributed by atoms with van der Waals surface area (Å²) in [5.41, 5.74) is -1.49. The third-order valence-electron chi connectivity index (χ3n) is 1.00. The SMILES string of the molecule is O=[PH](I)c1ccccc1. The molecule has 0 aliphatic carbocycles. The molecule has 0 saturated carbocycles. The Hall–Kier alpha value is 0.180. The third kappa shape index (κ3) is 2.11. The van der Waals surface area contributed by atoms with Gasteiger partial charge in [-0.2, -0.15) is 0 Å². The summed E-state index contributed by atoms with van der Waals surface area (Å²) in [7, 11) is 0. The quantitative estimate of drug-likeness (QED) is 0.553. The maximum absolute atomic E-state index is 10.8. The van der Waals surface area contributed by atoms with Crippen molar-refractivity contribution >= 4 is 32.8 Å². The maximum Gasteiger partial charge on any atom is 0.159 e. The van der Waals surface area contributed by atoms with Crippen LogP contribution in [0.1, 0.15) is 0 Å². The van der Waals surface area contributed by atoms with Gasteiger partial charge in [-0.1, -0.05) is 30.3 Å². The highest BCUT2D eigenvalue weighted by Crippen LogP contribution is 2.28. The van der Waals surface area contributed by atoms with Crippen LogP contribution in [0.5, 0.6) is 0 Å². The lowest BCUT2D eigenvalue weighted by Crippen LogP contribution is -1.88. The molecule has 0 spiro atoms. The molecule has 0 aliphatic heterocycles. The van der Waals surface area contributed by atoms with Gasteiger partial charge in [-0.05, 0) is 22.0 Å². The lowest BCUT2D eigenvalue weighted by molar-refractivity contribution is 0.602. The van der Waals surface area contributed by atoms with Gasteiger partial charge < -0.3 is 4.57 Å². The second kappa shape index (κ2) is 3.37. The van der Waals surface area contributed by atoms with Gasteiger partial charge in [0.15, 0.2) is 5.44 Å². The molecule has 48 valence electrons.